The second-order valence-electron chi connectivity index (χ2n) is 9.07. The van der Waals surface area contributed by atoms with Gasteiger partial charge in [0.15, 0.2) is 17.5 Å². The summed E-state index contributed by atoms with van der Waals surface area (Å²) in [7, 11) is 0. The Balaban J connectivity index is 0.000000477. The number of aldehydes is 1. The molecule has 3 rings (SSSR count). The number of aliphatic hydroxyl groups excluding tert-OH is 5. The van der Waals surface area contributed by atoms with Gasteiger partial charge in [0.1, 0.15) is 30.5 Å². The molecule has 19 heteroatoms. The van der Waals surface area contributed by atoms with E-state index < -0.39 is 60.5 Å². The summed E-state index contributed by atoms with van der Waals surface area (Å²) in [4.78, 5) is 70.4. The van der Waals surface area contributed by atoms with E-state index in [2.05, 4.69) is 30.6 Å². The molecule has 0 saturated carbocycles. The number of carbonyl (C=O) groups is 4. The number of nitrogens with one attached hydrogen (secondary N) is 3. The summed E-state index contributed by atoms with van der Waals surface area (Å²) in [5.41, 5.74) is 6.47. The van der Waals surface area contributed by atoms with Gasteiger partial charge in [-0.15, -0.1) is 0 Å². The van der Waals surface area contributed by atoms with Crippen LogP contribution in [0.2, 0.25) is 0 Å². The number of H-pyrrole nitrogens is 1. The molecule has 0 aliphatic rings. The first-order valence-electron chi connectivity index (χ1n) is 12.7. The van der Waals surface area contributed by atoms with E-state index in [1.807, 2.05) is 0 Å². The summed E-state index contributed by atoms with van der Waals surface area (Å²) in [6.45, 7) is -0.529. The molecule has 0 saturated heterocycles. The third-order valence-electron chi connectivity index (χ3n) is 5.78. The Morgan fingerprint density at radius 1 is 1.02 bits per heavy atom. The maximum atomic E-state index is 12.3. The highest BCUT2D eigenvalue weighted by molar-refractivity contribution is 5.97. The summed E-state index contributed by atoms with van der Waals surface area (Å²) in [6.07, 6.45) is -5.98. The van der Waals surface area contributed by atoms with Crippen LogP contribution in [0, 0.1) is 0 Å². The predicted octanol–water partition coefficient (Wildman–Crippen LogP) is -3.42. The minimum atomic E-state index is -1.79. The van der Waals surface area contributed by atoms with Gasteiger partial charge in [-0.05, 0) is 30.7 Å². The molecule has 0 spiro atoms. The van der Waals surface area contributed by atoms with Gasteiger partial charge in [-0.2, -0.15) is 4.98 Å². The normalized spacial score (nSPS) is 14.2. The lowest BCUT2D eigenvalue weighted by Crippen LogP contribution is -2.46. The van der Waals surface area contributed by atoms with Gasteiger partial charge < -0.3 is 61.9 Å². The fraction of sp³-hybridized carbons (Fsp3) is 0.360. The summed E-state index contributed by atoms with van der Waals surface area (Å²) < 4.78 is 0. The van der Waals surface area contributed by atoms with Crippen LogP contribution in [-0.2, 0) is 20.9 Å². The molecule has 5 atom stereocenters. The van der Waals surface area contributed by atoms with E-state index >= 15 is 0 Å². The maximum absolute atomic E-state index is 12.3. The second-order valence-corrected chi connectivity index (χ2v) is 9.07. The molecule has 12 N–H and O–H groups in total. The Labute approximate surface area is 247 Å². The molecule has 44 heavy (non-hydrogen) atoms. The molecule has 238 valence electrons. The number of fused-ring (bicyclic) bond motifs is 1. The van der Waals surface area contributed by atoms with Gasteiger partial charge in [-0.25, -0.2) is 14.8 Å². The molecule has 0 radical (unpaired) electrons. The number of hydrogen-bond donors (Lipinski definition) is 11. The molecule has 0 bridgehead atoms. The number of amides is 1. The van der Waals surface area contributed by atoms with Crippen LogP contribution in [0.3, 0.4) is 0 Å². The number of aliphatic carboxylic acids is 2. The zero-order chi connectivity index (χ0) is 33.0. The van der Waals surface area contributed by atoms with Crippen molar-refractivity contribution >= 4 is 46.9 Å². The summed E-state index contributed by atoms with van der Waals surface area (Å²) >= 11 is 0. The largest absolute Gasteiger partial charge is 0.481 e. The Morgan fingerprint density at radius 2 is 1.68 bits per heavy atom. The van der Waals surface area contributed by atoms with Gasteiger partial charge in [0, 0.05) is 17.7 Å². The number of anilines is 2. The van der Waals surface area contributed by atoms with E-state index in [1.54, 1.807) is 12.1 Å². The fourth-order valence-electron chi connectivity index (χ4n) is 3.38. The molecule has 1 aromatic carbocycles. The highest BCUT2D eigenvalue weighted by Crippen LogP contribution is 2.12. The lowest BCUT2D eigenvalue weighted by Gasteiger charge is -2.22. The van der Waals surface area contributed by atoms with E-state index in [9.17, 15) is 24.0 Å². The third kappa shape index (κ3) is 10.3. The summed E-state index contributed by atoms with van der Waals surface area (Å²) in [5, 5.41) is 66.7. The van der Waals surface area contributed by atoms with E-state index in [0.29, 0.717) is 11.4 Å². The molecule has 0 aliphatic carbocycles. The second kappa shape index (κ2) is 16.5. The van der Waals surface area contributed by atoms with Crippen molar-refractivity contribution in [1.29, 1.82) is 0 Å². The fourth-order valence-corrected chi connectivity index (χ4v) is 3.38. The average Bonchev–Trinajstić information content (AvgIpc) is 3.00. The molecule has 0 fully saturated rings. The number of nitrogens with zero attached hydrogens (tertiary/aromatic N) is 3. The van der Waals surface area contributed by atoms with Crippen molar-refractivity contribution in [3.05, 3.63) is 52.1 Å². The quantitative estimate of drug-likeness (QED) is 0.0780. The van der Waals surface area contributed by atoms with Crippen LogP contribution in [0.15, 0.2) is 35.3 Å². The summed E-state index contributed by atoms with van der Waals surface area (Å²) in [5.74, 6) is -3.16. The minimum absolute atomic E-state index is 0.0258. The molecule has 2 heterocycles. The zero-order valence-electron chi connectivity index (χ0n) is 22.8. The number of rotatable bonds is 14. The van der Waals surface area contributed by atoms with Crippen LogP contribution >= 0.6 is 0 Å². The van der Waals surface area contributed by atoms with Gasteiger partial charge in [-0.1, -0.05) is 0 Å². The molecule has 2 aromatic heterocycles. The maximum Gasteiger partial charge on any atom is 0.326 e. The van der Waals surface area contributed by atoms with Crippen LogP contribution in [-0.4, -0.2) is 117 Å². The van der Waals surface area contributed by atoms with E-state index in [-0.39, 0.29) is 48.3 Å². The van der Waals surface area contributed by atoms with Gasteiger partial charge in [0.05, 0.1) is 25.0 Å². The molecular formula is C25H31N7O12. The highest BCUT2D eigenvalue weighted by atomic mass is 16.4. The van der Waals surface area contributed by atoms with Crippen LogP contribution in [0.25, 0.3) is 11.2 Å². The lowest BCUT2D eigenvalue weighted by atomic mass is 10.0. The standard InChI is InChI=1S/C19H19N7O6.C6H12O6/c20-19-25-15-14(17(30)26-19)23-11(8-22-15)7-21-10-3-1-9(2-4-10)16(29)24-12(18(31)32)5-6-13(27)28;7-1-3(9)5(11)6(12)4(10)2-8/h1-4,8,12,21H,5-7H2,(H,24,29)(H,27,28)(H,31,32)(H3,20,22,25,26,30);1,3-6,8-12H,2H2/t12-;3-,4+,5+,6+/m00/s1. The van der Waals surface area contributed by atoms with Gasteiger partial charge in [-0.3, -0.25) is 14.4 Å². The Hall–Kier alpha value is -5.08. The highest BCUT2D eigenvalue weighted by Gasteiger charge is 2.29. The average molecular weight is 622 g/mol. The van der Waals surface area contributed by atoms with Crippen molar-refractivity contribution in [3.8, 4) is 0 Å². The van der Waals surface area contributed by atoms with Crippen molar-refractivity contribution in [2.45, 2.75) is 49.8 Å². The number of benzene rings is 1. The first kappa shape index (κ1) is 35.1. The number of nitrogen functional groups attached to an aromatic ring is 1. The van der Waals surface area contributed by atoms with Gasteiger partial charge in [0.2, 0.25) is 5.95 Å². The van der Waals surface area contributed by atoms with Crippen molar-refractivity contribution < 1.29 is 54.9 Å². The Kier molecular flexibility index (Phi) is 13.2. The van der Waals surface area contributed by atoms with Crippen molar-refractivity contribution in [2.75, 3.05) is 17.7 Å². The van der Waals surface area contributed by atoms with Crippen LogP contribution in [0.5, 0.6) is 0 Å². The molecule has 0 unspecified atom stereocenters. The van der Waals surface area contributed by atoms with Gasteiger partial charge in [0.25, 0.3) is 5.91 Å². The predicted molar refractivity (Wildman–Crippen MR) is 149 cm³/mol. The molecule has 3 aromatic rings. The number of aromatic amines is 1. The number of hydrogen-bond acceptors (Lipinski definition) is 15. The third-order valence-corrected chi connectivity index (χ3v) is 5.78. The smallest absolute Gasteiger partial charge is 0.326 e. The Morgan fingerprint density at radius 3 is 2.25 bits per heavy atom. The number of nitrogens with two attached hydrogens (primary N) is 1. The molecular weight excluding hydrogens is 590 g/mol. The monoisotopic (exact) mass is 621 g/mol. The van der Waals surface area contributed by atoms with Crippen molar-refractivity contribution in [1.82, 2.24) is 25.3 Å². The number of aliphatic hydroxyl groups is 5. The number of carboxylic acid groups (broad SMARTS) is 2. The van der Waals surface area contributed by atoms with E-state index in [1.165, 1.54) is 18.3 Å². The molecule has 19 nitrogen and oxygen atoms in total. The van der Waals surface area contributed by atoms with Crippen LogP contribution < -0.4 is 21.9 Å². The minimum Gasteiger partial charge on any atom is -0.481 e. The number of carboxylic acids is 2. The van der Waals surface area contributed by atoms with E-state index in [4.69, 9.17) is 41.5 Å². The summed E-state index contributed by atoms with van der Waals surface area (Å²) in [6, 6.07) is 4.86. The van der Waals surface area contributed by atoms with E-state index in [0.717, 1.165) is 0 Å². The first-order chi connectivity index (χ1) is 20.8. The number of aromatic nitrogens is 4. The SMILES string of the molecule is Nc1nc(=O)c2nc(CNc3ccc(C(=O)N[C@@H](CCC(=O)O)C(=O)O)cc3)cnc2[nH]1.O=C[C@H](O)[C@@H](O)[C@H](O)[C@H](O)CO. The topological polar surface area (TPSA) is 332 Å². The lowest BCUT2D eigenvalue weighted by molar-refractivity contribution is -0.140. The Bertz CT molecular complexity index is 1500. The van der Waals surface area contributed by atoms with Crippen LogP contribution in [0.4, 0.5) is 11.6 Å². The molecule has 1 amide bonds. The number of carbonyl (C=O) groups excluding carboxylic acids is 2. The first-order valence-corrected chi connectivity index (χ1v) is 12.7. The van der Waals surface area contributed by atoms with Crippen molar-refractivity contribution in [3.63, 3.8) is 0 Å². The van der Waals surface area contributed by atoms with Crippen molar-refractivity contribution in [2.24, 2.45) is 0 Å². The zero-order valence-corrected chi connectivity index (χ0v) is 22.8. The van der Waals surface area contributed by atoms with Crippen LogP contribution in [0.1, 0.15) is 28.9 Å². The van der Waals surface area contributed by atoms with Gasteiger partial charge >= 0.3 is 17.5 Å². The molecule has 0 aliphatic heterocycles.